The van der Waals surface area contributed by atoms with Gasteiger partial charge in [-0.05, 0) is 42.0 Å². The van der Waals surface area contributed by atoms with E-state index in [-0.39, 0.29) is 6.29 Å². The van der Waals surface area contributed by atoms with Crippen LogP contribution >= 0.6 is 0 Å². The van der Waals surface area contributed by atoms with Crippen molar-refractivity contribution in [1.29, 1.82) is 0 Å². The maximum atomic E-state index is 11.6. The molecule has 1 N–H and O–H groups in total. The molecule has 2 unspecified atom stereocenters. The maximum absolute atomic E-state index is 11.6. The minimum atomic E-state index is -0.992. The quantitative estimate of drug-likeness (QED) is 0.709. The van der Waals surface area contributed by atoms with Gasteiger partial charge in [-0.25, -0.2) is 4.99 Å². The van der Waals surface area contributed by atoms with Gasteiger partial charge in [0.1, 0.15) is 0 Å². The summed E-state index contributed by atoms with van der Waals surface area (Å²) in [5, 5.41) is 3.42. The molecule has 0 bridgehead atoms. The molecule has 0 saturated heterocycles. The van der Waals surface area contributed by atoms with Crippen LogP contribution in [0, 0.1) is 0 Å². The van der Waals surface area contributed by atoms with Gasteiger partial charge in [-0.2, -0.15) is 0 Å². The van der Waals surface area contributed by atoms with Crippen molar-refractivity contribution in [2.45, 2.75) is 11.2 Å². The largest absolute Gasteiger partial charge is 0.346 e. The number of pyridine rings is 1. The molecule has 2 heterocycles. The minimum absolute atomic E-state index is 0.311. The van der Waals surface area contributed by atoms with Crippen LogP contribution in [0.2, 0.25) is 0 Å². The summed E-state index contributed by atoms with van der Waals surface area (Å²) in [4.78, 5) is 11.8. The van der Waals surface area contributed by atoms with E-state index in [0.717, 1.165) is 27.4 Å². The highest BCUT2D eigenvalue weighted by Crippen LogP contribution is 2.32. The highest BCUT2D eigenvalue weighted by atomic mass is 32.2. The number of aliphatic imine (C=N–C) groups is 1. The van der Waals surface area contributed by atoms with Gasteiger partial charge in [0.15, 0.2) is 6.29 Å². The molecule has 140 valence electrons. The fourth-order valence-corrected chi connectivity index (χ4v) is 3.60. The summed E-state index contributed by atoms with van der Waals surface area (Å²) in [6.07, 6.45) is 10.7. The van der Waals surface area contributed by atoms with E-state index in [1.807, 2.05) is 67.0 Å². The van der Waals surface area contributed by atoms with E-state index in [1.165, 1.54) is 0 Å². The second-order valence-corrected chi connectivity index (χ2v) is 7.68. The lowest BCUT2D eigenvalue weighted by Crippen LogP contribution is -2.37. The van der Waals surface area contributed by atoms with Crippen molar-refractivity contribution in [2.24, 2.45) is 4.99 Å². The van der Waals surface area contributed by atoms with Crippen LogP contribution in [0.1, 0.15) is 0 Å². The highest BCUT2D eigenvalue weighted by molar-refractivity contribution is 7.84. The summed E-state index contributed by atoms with van der Waals surface area (Å²) in [5.41, 5.74) is 4.07. The third kappa shape index (κ3) is 3.87. The Morgan fingerprint density at radius 2 is 1.82 bits per heavy atom. The topological polar surface area (TPSA) is 57.6 Å². The van der Waals surface area contributed by atoms with Crippen molar-refractivity contribution in [1.82, 2.24) is 4.98 Å². The predicted octanol–water partition coefficient (Wildman–Crippen LogP) is 4.29. The Balaban J connectivity index is 1.65. The summed E-state index contributed by atoms with van der Waals surface area (Å²) in [6, 6.07) is 19.8. The van der Waals surface area contributed by atoms with Gasteiger partial charge in [0, 0.05) is 51.8 Å². The molecule has 1 aliphatic heterocycles. The summed E-state index contributed by atoms with van der Waals surface area (Å²) in [5.74, 6) is 0. The summed E-state index contributed by atoms with van der Waals surface area (Å²) in [6.45, 7) is 0. The molecule has 0 aliphatic carbocycles. The monoisotopic (exact) mass is 388 g/mol. The number of hydrogen-bond donors (Lipinski definition) is 1. The molecule has 0 saturated carbocycles. The van der Waals surface area contributed by atoms with Crippen molar-refractivity contribution in [2.75, 3.05) is 16.5 Å². The van der Waals surface area contributed by atoms with Crippen molar-refractivity contribution >= 4 is 28.4 Å². The van der Waals surface area contributed by atoms with Gasteiger partial charge in [0.2, 0.25) is 0 Å². The zero-order valence-corrected chi connectivity index (χ0v) is 16.2. The number of allylic oxidation sites excluding steroid dienone is 1. The number of nitrogens with zero attached hydrogens (tertiary/aromatic N) is 3. The molecule has 28 heavy (non-hydrogen) atoms. The number of anilines is 2. The van der Waals surface area contributed by atoms with E-state index in [2.05, 4.69) is 32.3 Å². The fourth-order valence-electron chi connectivity index (χ4n) is 3.08. The molecule has 2 atom stereocenters. The minimum Gasteiger partial charge on any atom is -0.346 e. The van der Waals surface area contributed by atoms with Crippen molar-refractivity contribution < 1.29 is 4.21 Å². The molecule has 0 radical (unpaired) electrons. The van der Waals surface area contributed by atoms with Crippen LogP contribution in [0.4, 0.5) is 11.4 Å². The maximum Gasteiger partial charge on any atom is 0.200 e. The Kier molecular flexibility index (Phi) is 5.30. The highest BCUT2D eigenvalue weighted by Gasteiger charge is 2.21. The Hall–Kier alpha value is -3.25. The standard InChI is InChI=1S/C22H20N4OS/c1-28(27)19-10-8-18(9-11-19)25-22-24-13-5-15-26(22)21-16-23-14-12-20(21)17-6-3-2-4-7-17/h2-16,22,25H,1H3. The van der Waals surface area contributed by atoms with E-state index in [9.17, 15) is 4.21 Å². The summed E-state index contributed by atoms with van der Waals surface area (Å²) in [7, 11) is -0.992. The third-order valence-electron chi connectivity index (χ3n) is 4.47. The van der Waals surface area contributed by atoms with Crippen molar-refractivity contribution in [3.8, 4) is 11.1 Å². The van der Waals surface area contributed by atoms with E-state index < -0.39 is 10.8 Å². The number of aromatic nitrogens is 1. The molecular formula is C22H20N4OS. The van der Waals surface area contributed by atoms with Crippen LogP contribution in [0.5, 0.6) is 0 Å². The second-order valence-electron chi connectivity index (χ2n) is 6.30. The Morgan fingerprint density at radius 3 is 2.57 bits per heavy atom. The molecule has 0 spiro atoms. The average molecular weight is 388 g/mol. The summed E-state index contributed by atoms with van der Waals surface area (Å²) < 4.78 is 11.6. The van der Waals surface area contributed by atoms with Crippen molar-refractivity contribution in [3.05, 3.63) is 85.3 Å². The van der Waals surface area contributed by atoms with Gasteiger partial charge in [0.05, 0.1) is 11.9 Å². The number of nitrogens with one attached hydrogen (secondary N) is 1. The molecule has 1 aliphatic rings. The number of rotatable bonds is 5. The molecule has 6 heteroatoms. The van der Waals surface area contributed by atoms with Gasteiger partial charge in [-0.1, -0.05) is 30.3 Å². The van der Waals surface area contributed by atoms with Gasteiger partial charge in [-0.15, -0.1) is 0 Å². The molecule has 4 rings (SSSR count). The smallest absolute Gasteiger partial charge is 0.200 e. The van der Waals surface area contributed by atoms with Crippen LogP contribution in [0.25, 0.3) is 11.1 Å². The van der Waals surface area contributed by atoms with E-state index >= 15 is 0 Å². The van der Waals surface area contributed by atoms with Gasteiger partial charge < -0.3 is 10.2 Å². The molecule has 3 aromatic rings. The van der Waals surface area contributed by atoms with Crippen LogP contribution in [-0.2, 0) is 10.8 Å². The fraction of sp³-hybridized carbons (Fsp3) is 0.0909. The first-order valence-electron chi connectivity index (χ1n) is 8.90. The van der Waals surface area contributed by atoms with E-state index in [4.69, 9.17) is 0 Å². The molecular weight excluding hydrogens is 368 g/mol. The average Bonchev–Trinajstić information content (AvgIpc) is 2.75. The first-order valence-corrected chi connectivity index (χ1v) is 10.5. The van der Waals surface area contributed by atoms with Crippen LogP contribution < -0.4 is 10.2 Å². The Morgan fingerprint density at radius 1 is 1.04 bits per heavy atom. The number of benzene rings is 2. The first-order chi connectivity index (χ1) is 13.7. The molecule has 2 aromatic carbocycles. The lowest BCUT2D eigenvalue weighted by atomic mass is 10.0. The van der Waals surface area contributed by atoms with E-state index in [0.29, 0.717) is 0 Å². The lowest BCUT2D eigenvalue weighted by Gasteiger charge is -2.32. The van der Waals surface area contributed by atoms with Crippen molar-refractivity contribution in [3.63, 3.8) is 0 Å². The molecule has 5 nitrogen and oxygen atoms in total. The zero-order chi connectivity index (χ0) is 19.3. The van der Waals surface area contributed by atoms with Crippen LogP contribution in [-0.4, -0.2) is 28.0 Å². The summed E-state index contributed by atoms with van der Waals surface area (Å²) >= 11 is 0. The van der Waals surface area contributed by atoms with Crippen LogP contribution in [0.3, 0.4) is 0 Å². The van der Waals surface area contributed by atoms with Crippen LogP contribution in [0.15, 0.2) is 95.2 Å². The molecule has 0 amide bonds. The van der Waals surface area contributed by atoms with Gasteiger partial charge in [0.25, 0.3) is 0 Å². The van der Waals surface area contributed by atoms with E-state index in [1.54, 1.807) is 18.7 Å². The first kappa shape index (κ1) is 18.1. The lowest BCUT2D eigenvalue weighted by molar-refractivity contribution is 0.687. The predicted molar refractivity (Wildman–Crippen MR) is 116 cm³/mol. The third-order valence-corrected chi connectivity index (χ3v) is 5.40. The Labute approximate surface area is 166 Å². The second kappa shape index (κ2) is 8.19. The number of hydrogen-bond acceptors (Lipinski definition) is 5. The normalized spacial score (nSPS) is 16.8. The van der Waals surface area contributed by atoms with Gasteiger partial charge in [-0.3, -0.25) is 9.19 Å². The SMILES string of the molecule is CS(=O)c1ccc(NC2N=CC=CN2c2cnccc2-c2ccccc2)cc1. The Bertz CT molecular complexity index is 1030. The molecule has 0 fully saturated rings. The zero-order valence-electron chi connectivity index (χ0n) is 15.4. The molecule has 1 aromatic heterocycles. The van der Waals surface area contributed by atoms with Gasteiger partial charge >= 0.3 is 0 Å².